The van der Waals surface area contributed by atoms with Crippen LogP contribution in [0.1, 0.15) is 59.3 Å². The van der Waals surface area contributed by atoms with Gasteiger partial charge in [-0.2, -0.15) is 0 Å². The van der Waals surface area contributed by atoms with E-state index in [0.29, 0.717) is 12.5 Å². The van der Waals surface area contributed by atoms with Gasteiger partial charge in [-0.25, -0.2) is 0 Å². The number of hydrogen-bond acceptors (Lipinski definition) is 1. The maximum absolute atomic E-state index is 9.14. The van der Waals surface area contributed by atoms with Crippen molar-refractivity contribution in [2.45, 2.75) is 59.3 Å². The smallest absolute Gasteiger partial charge is 0.0459 e. The van der Waals surface area contributed by atoms with Gasteiger partial charge in [0.1, 0.15) is 0 Å². The lowest BCUT2D eigenvalue weighted by Crippen LogP contribution is -2.07. The van der Waals surface area contributed by atoms with Crippen LogP contribution in [-0.4, -0.2) is 11.7 Å². The van der Waals surface area contributed by atoms with Gasteiger partial charge >= 0.3 is 0 Å². The van der Waals surface area contributed by atoms with Crippen LogP contribution in [0.25, 0.3) is 0 Å². The summed E-state index contributed by atoms with van der Waals surface area (Å²) in [6.07, 6.45) is 7.58. The van der Waals surface area contributed by atoms with E-state index >= 15 is 0 Å². The lowest BCUT2D eigenvalue weighted by Gasteiger charge is -2.14. The minimum atomic E-state index is 0.385. The SMILES string of the molecule is CCCCCC(CO)CCC(C)C. The van der Waals surface area contributed by atoms with Crippen molar-refractivity contribution in [3.63, 3.8) is 0 Å². The predicted octanol–water partition coefficient (Wildman–Crippen LogP) is 3.61. The summed E-state index contributed by atoms with van der Waals surface area (Å²) in [6, 6.07) is 0. The topological polar surface area (TPSA) is 20.2 Å². The molecule has 0 aromatic carbocycles. The zero-order valence-electron chi connectivity index (χ0n) is 9.55. The molecule has 1 atom stereocenters. The molecule has 0 heterocycles. The minimum absolute atomic E-state index is 0.385. The monoisotopic (exact) mass is 186 g/mol. The van der Waals surface area contributed by atoms with Gasteiger partial charge in [0.2, 0.25) is 0 Å². The summed E-state index contributed by atoms with van der Waals surface area (Å²) >= 11 is 0. The number of hydrogen-bond donors (Lipinski definition) is 1. The first kappa shape index (κ1) is 13.0. The average molecular weight is 186 g/mol. The van der Waals surface area contributed by atoms with E-state index < -0.39 is 0 Å². The van der Waals surface area contributed by atoms with E-state index in [2.05, 4.69) is 20.8 Å². The molecule has 0 amide bonds. The number of rotatable bonds is 8. The van der Waals surface area contributed by atoms with Gasteiger partial charge in [0.25, 0.3) is 0 Å². The second-order valence-corrected chi connectivity index (χ2v) is 4.52. The van der Waals surface area contributed by atoms with Gasteiger partial charge in [0.15, 0.2) is 0 Å². The molecule has 0 spiro atoms. The van der Waals surface area contributed by atoms with Crippen LogP contribution < -0.4 is 0 Å². The highest BCUT2D eigenvalue weighted by Crippen LogP contribution is 2.17. The van der Waals surface area contributed by atoms with Gasteiger partial charge < -0.3 is 5.11 Å². The lowest BCUT2D eigenvalue weighted by atomic mass is 9.94. The Morgan fingerprint density at radius 1 is 1.00 bits per heavy atom. The van der Waals surface area contributed by atoms with Crippen molar-refractivity contribution in [1.29, 1.82) is 0 Å². The molecule has 1 N–H and O–H groups in total. The average Bonchev–Trinajstić information content (AvgIpc) is 2.10. The van der Waals surface area contributed by atoms with Gasteiger partial charge in [-0.1, -0.05) is 46.5 Å². The summed E-state index contributed by atoms with van der Waals surface area (Å²) in [5.41, 5.74) is 0. The van der Waals surface area contributed by atoms with Crippen molar-refractivity contribution in [1.82, 2.24) is 0 Å². The van der Waals surface area contributed by atoms with Gasteiger partial charge in [0, 0.05) is 6.61 Å². The third-order valence-electron chi connectivity index (χ3n) is 2.63. The van der Waals surface area contributed by atoms with E-state index in [1.165, 1.54) is 38.5 Å². The van der Waals surface area contributed by atoms with Crippen molar-refractivity contribution in [2.24, 2.45) is 11.8 Å². The molecule has 0 rings (SSSR count). The summed E-state index contributed by atoms with van der Waals surface area (Å²) in [5, 5.41) is 9.14. The molecule has 0 saturated heterocycles. The molecule has 1 nitrogen and oxygen atoms in total. The van der Waals surface area contributed by atoms with E-state index in [4.69, 9.17) is 5.11 Å². The maximum Gasteiger partial charge on any atom is 0.0459 e. The van der Waals surface area contributed by atoms with Gasteiger partial charge in [-0.3, -0.25) is 0 Å². The van der Waals surface area contributed by atoms with E-state index in [9.17, 15) is 0 Å². The van der Waals surface area contributed by atoms with Crippen molar-refractivity contribution in [3.05, 3.63) is 0 Å². The molecule has 0 aliphatic rings. The Bertz CT molecular complexity index is 99.3. The molecule has 0 aromatic heterocycles. The molecular weight excluding hydrogens is 160 g/mol. The molecule has 0 fully saturated rings. The first-order chi connectivity index (χ1) is 6.20. The fraction of sp³-hybridized carbons (Fsp3) is 1.00. The first-order valence-corrected chi connectivity index (χ1v) is 5.81. The summed E-state index contributed by atoms with van der Waals surface area (Å²) in [4.78, 5) is 0. The largest absolute Gasteiger partial charge is 0.396 e. The first-order valence-electron chi connectivity index (χ1n) is 5.81. The molecule has 0 aromatic rings. The highest BCUT2D eigenvalue weighted by Gasteiger charge is 2.07. The molecule has 0 aliphatic heterocycles. The predicted molar refractivity (Wildman–Crippen MR) is 58.8 cm³/mol. The molecule has 80 valence electrons. The van der Waals surface area contributed by atoms with Crippen molar-refractivity contribution >= 4 is 0 Å². The van der Waals surface area contributed by atoms with E-state index in [1.807, 2.05) is 0 Å². The van der Waals surface area contributed by atoms with Crippen molar-refractivity contribution in [2.75, 3.05) is 6.61 Å². The molecule has 0 saturated carbocycles. The highest BCUT2D eigenvalue weighted by molar-refractivity contribution is 4.59. The molecule has 0 bridgehead atoms. The second-order valence-electron chi connectivity index (χ2n) is 4.52. The van der Waals surface area contributed by atoms with Crippen molar-refractivity contribution in [3.8, 4) is 0 Å². The molecular formula is C12H26O. The number of aliphatic hydroxyl groups excluding tert-OH is 1. The van der Waals surface area contributed by atoms with E-state index in [0.717, 1.165) is 5.92 Å². The standard InChI is InChI=1S/C12H26O/c1-4-5-6-7-12(10-13)9-8-11(2)3/h11-13H,4-10H2,1-3H3. The van der Waals surface area contributed by atoms with E-state index in [1.54, 1.807) is 0 Å². The summed E-state index contributed by atoms with van der Waals surface area (Å²) in [6.45, 7) is 7.11. The van der Waals surface area contributed by atoms with Gasteiger partial charge in [0.05, 0.1) is 0 Å². The molecule has 13 heavy (non-hydrogen) atoms. The minimum Gasteiger partial charge on any atom is -0.396 e. The van der Waals surface area contributed by atoms with Crippen LogP contribution in [0.4, 0.5) is 0 Å². The third-order valence-corrected chi connectivity index (χ3v) is 2.63. The Hall–Kier alpha value is -0.0400. The summed E-state index contributed by atoms with van der Waals surface area (Å²) in [5.74, 6) is 1.34. The van der Waals surface area contributed by atoms with Gasteiger partial charge in [-0.05, 0) is 24.7 Å². The Labute approximate surface area is 83.5 Å². The normalized spacial score (nSPS) is 13.6. The zero-order chi connectivity index (χ0) is 10.1. The van der Waals surface area contributed by atoms with Crippen LogP contribution in [0.5, 0.6) is 0 Å². The van der Waals surface area contributed by atoms with Crippen LogP contribution in [0.15, 0.2) is 0 Å². The summed E-state index contributed by atoms with van der Waals surface area (Å²) in [7, 11) is 0. The van der Waals surface area contributed by atoms with Crippen LogP contribution in [0, 0.1) is 11.8 Å². The third kappa shape index (κ3) is 8.29. The second kappa shape index (κ2) is 8.55. The highest BCUT2D eigenvalue weighted by atomic mass is 16.3. The van der Waals surface area contributed by atoms with Crippen LogP contribution in [0.3, 0.4) is 0 Å². The molecule has 1 heteroatoms. The number of aliphatic hydroxyl groups is 1. The van der Waals surface area contributed by atoms with Gasteiger partial charge in [-0.15, -0.1) is 0 Å². The molecule has 1 unspecified atom stereocenters. The Morgan fingerprint density at radius 2 is 1.69 bits per heavy atom. The quantitative estimate of drug-likeness (QED) is 0.574. The van der Waals surface area contributed by atoms with Crippen LogP contribution in [0.2, 0.25) is 0 Å². The van der Waals surface area contributed by atoms with Crippen LogP contribution >= 0.6 is 0 Å². The summed E-state index contributed by atoms with van der Waals surface area (Å²) < 4.78 is 0. The number of unbranched alkanes of at least 4 members (excludes halogenated alkanes) is 2. The lowest BCUT2D eigenvalue weighted by molar-refractivity contribution is 0.201. The van der Waals surface area contributed by atoms with Crippen molar-refractivity contribution < 1.29 is 5.11 Å². The Kier molecular flexibility index (Phi) is 8.53. The van der Waals surface area contributed by atoms with E-state index in [-0.39, 0.29) is 0 Å². The molecule has 0 radical (unpaired) electrons. The zero-order valence-corrected chi connectivity index (χ0v) is 9.55. The Balaban J connectivity index is 3.39. The fourth-order valence-electron chi connectivity index (χ4n) is 1.58. The molecule has 0 aliphatic carbocycles. The maximum atomic E-state index is 9.14. The van der Waals surface area contributed by atoms with Crippen LogP contribution in [-0.2, 0) is 0 Å². The Morgan fingerprint density at radius 3 is 2.15 bits per heavy atom. The fourth-order valence-corrected chi connectivity index (χ4v) is 1.58.